The summed E-state index contributed by atoms with van der Waals surface area (Å²) in [6.45, 7) is 3.45. The van der Waals surface area contributed by atoms with Gasteiger partial charge in [0.15, 0.2) is 17.4 Å². The Hall–Kier alpha value is -4.27. The number of nitrogens with two attached hydrogens (primary N) is 1. The van der Waals surface area contributed by atoms with Crippen LogP contribution in [0.1, 0.15) is 19.3 Å². The molecule has 2 heterocycles. The highest BCUT2D eigenvalue weighted by molar-refractivity contribution is 5.99. The van der Waals surface area contributed by atoms with Gasteiger partial charge in [0.25, 0.3) is 0 Å². The molecule has 1 fully saturated rings. The van der Waals surface area contributed by atoms with Crippen molar-refractivity contribution in [2.24, 2.45) is 0 Å². The number of ether oxygens (including phenoxy) is 1. The lowest BCUT2D eigenvalue weighted by Gasteiger charge is -2.26. The van der Waals surface area contributed by atoms with E-state index in [2.05, 4.69) is 27.1 Å². The number of hydrogen-bond acceptors (Lipinski definition) is 6. The average molecular weight is 444 g/mol. The zero-order valence-corrected chi connectivity index (χ0v) is 17.7. The lowest BCUT2D eigenvalue weighted by atomic mass is 9.96. The SMILES string of the molecule is C=CC(=O)Nc1ccc(-c2nn3ncnc(N)c3c2-c2ccc(OC3CCC3)c(F)c2)cc1. The molecule has 33 heavy (non-hydrogen) atoms. The number of carbonyl (C=O) groups is 1. The average Bonchev–Trinajstić information content (AvgIpc) is 3.18. The topological polar surface area (TPSA) is 107 Å². The fraction of sp³-hybridized carbons (Fsp3) is 0.167. The van der Waals surface area contributed by atoms with Gasteiger partial charge in [-0.3, -0.25) is 4.79 Å². The minimum absolute atomic E-state index is 0.0713. The monoisotopic (exact) mass is 444 g/mol. The van der Waals surface area contributed by atoms with Gasteiger partial charge in [0.1, 0.15) is 17.5 Å². The fourth-order valence-electron chi connectivity index (χ4n) is 3.72. The van der Waals surface area contributed by atoms with Crippen molar-refractivity contribution in [2.75, 3.05) is 11.1 Å². The molecule has 0 spiro atoms. The van der Waals surface area contributed by atoms with Gasteiger partial charge >= 0.3 is 0 Å². The molecule has 3 N–H and O–H groups in total. The summed E-state index contributed by atoms with van der Waals surface area (Å²) >= 11 is 0. The Morgan fingerprint density at radius 2 is 1.97 bits per heavy atom. The van der Waals surface area contributed by atoms with Crippen LogP contribution in [0.2, 0.25) is 0 Å². The first-order valence-electron chi connectivity index (χ1n) is 10.5. The number of anilines is 2. The maximum Gasteiger partial charge on any atom is 0.247 e. The Morgan fingerprint density at radius 3 is 2.64 bits per heavy atom. The van der Waals surface area contributed by atoms with Crippen LogP contribution in [-0.4, -0.2) is 31.8 Å². The lowest BCUT2D eigenvalue weighted by Crippen LogP contribution is -2.24. The highest BCUT2D eigenvalue weighted by Crippen LogP contribution is 2.38. The molecule has 2 aromatic heterocycles. The molecule has 0 radical (unpaired) electrons. The van der Waals surface area contributed by atoms with E-state index in [4.69, 9.17) is 10.5 Å². The maximum absolute atomic E-state index is 14.9. The predicted molar refractivity (Wildman–Crippen MR) is 123 cm³/mol. The molecule has 1 aliphatic carbocycles. The van der Waals surface area contributed by atoms with Crippen molar-refractivity contribution in [3.63, 3.8) is 0 Å². The predicted octanol–water partition coefficient (Wildman–Crippen LogP) is 4.24. The van der Waals surface area contributed by atoms with E-state index < -0.39 is 5.82 Å². The van der Waals surface area contributed by atoms with Gasteiger partial charge in [0.2, 0.25) is 5.91 Å². The number of nitrogen functional groups attached to an aromatic ring is 1. The molecule has 0 unspecified atom stereocenters. The van der Waals surface area contributed by atoms with E-state index in [1.165, 1.54) is 23.1 Å². The number of nitrogens with one attached hydrogen (secondary N) is 1. The second kappa shape index (κ2) is 8.34. The molecule has 4 aromatic rings. The molecule has 166 valence electrons. The summed E-state index contributed by atoms with van der Waals surface area (Å²) < 4.78 is 22.1. The summed E-state index contributed by atoms with van der Waals surface area (Å²) in [7, 11) is 0. The van der Waals surface area contributed by atoms with Crippen molar-refractivity contribution in [1.82, 2.24) is 19.8 Å². The molecule has 0 aliphatic heterocycles. The van der Waals surface area contributed by atoms with E-state index in [-0.39, 0.29) is 23.6 Å². The summed E-state index contributed by atoms with van der Waals surface area (Å²) in [5, 5.41) is 11.4. The zero-order valence-electron chi connectivity index (χ0n) is 17.7. The number of carbonyl (C=O) groups excluding carboxylic acids is 1. The van der Waals surface area contributed by atoms with Crippen molar-refractivity contribution in [1.29, 1.82) is 0 Å². The fourth-order valence-corrected chi connectivity index (χ4v) is 3.72. The highest BCUT2D eigenvalue weighted by Gasteiger charge is 2.23. The van der Waals surface area contributed by atoms with Gasteiger partial charge in [0.05, 0.1) is 6.10 Å². The van der Waals surface area contributed by atoms with Crippen LogP contribution >= 0.6 is 0 Å². The smallest absolute Gasteiger partial charge is 0.247 e. The molecule has 0 atom stereocenters. The third kappa shape index (κ3) is 3.89. The maximum atomic E-state index is 14.9. The van der Waals surface area contributed by atoms with Crippen LogP contribution in [0.25, 0.3) is 27.9 Å². The van der Waals surface area contributed by atoms with Crippen LogP contribution in [0, 0.1) is 5.82 Å². The zero-order chi connectivity index (χ0) is 22.9. The third-order valence-electron chi connectivity index (χ3n) is 5.65. The Labute approximate surface area is 188 Å². The molecule has 1 amide bonds. The highest BCUT2D eigenvalue weighted by atomic mass is 19.1. The number of halogens is 1. The lowest BCUT2D eigenvalue weighted by molar-refractivity contribution is -0.111. The van der Waals surface area contributed by atoms with Crippen LogP contribution in [0.15, 0.2) is 61.4 Å². The van der Waals surface area contributed by atoms with Crippen molar-refractivity contribution in [2.45, 2.75) is 25.4 Å². The van der Waals surface area contributed by atoms with Gasteiger partial charge in [-0.25, -0.2) is 9.37 Å². The summed E-state index contributed by atoms with van der Waals surface area (Å²) in [6.07, 6.45) is 5.57. The Balaban J connectivity index is 1.59. The largest absolute Gasteiger partial charge is 0.487 e. The number of nitrogens with zero attached hydrogens (tertiary/aromatic N) is 4. The number of aromatic nitrogens is 4. The number of fused-ring (bicyclic) bond motifs is 1. The van der Waals surface area contributed by atoms with Crippen molar-refractivity contribution in [3.8, 4) is 28.1 Å². The van der Waals surface area contributed by atoms with Crippen LogP contribution in [0.3, 0.4) is 0 Å². The Morgan fingerprint density at radius 1 is 1.21 bits per heavy atom. The molecule has 2 aromatic carbocycles. The normalized spacial score (nSPS) is 13.5. The second-order valence-electron chi connectivity index (χ2n) is 7.79. The van der Waals surface area contributed by atoms with E-state index in [0.29, 0.717) is 28.0 Å². The van der Waals surface area contributed by atoms with E-state index in [1.807, 2.05) is 0 Å². The van der Waals surface area contributed by atoms with Crippen molar-refractivity contribution in [3.05, 3.63) is 67.3 Å². The minimum Gasteiger partial charge on any atom is -0.487 e. The molecular formula is C24H21FN6O2. The number of amides is 1. The Bertz CT molecular complexity index is 1360. The summed E-state index contributed by atoms with van der Waals surface area (Å²) in [5.41, 5.74) is 9.70. The number of benzene rings is 2. The third-order valence-corrected chi connectivity index (χ3v) is 5.65. The molecule has 0 bridgehead atoms. The van der Waals surface area contributed by atoms with E-state index in [9.17, 15) is 9.18 Å². The van der Waals surface area contributed by atoms with Crippen molar-refractivity contribution < 1.29 is 13.9 Å². The van der Waals surface area contributed by atoms with Crippen LogP contribution in [-0.2, 0) is 4.79 Å². The van der Waals surface area contributed by atoms with Gasteiger partial charge in [-0.1, -0.05) is 24.8 Å². The molecule has 8 nitrogen and oxygen atoms in total. The second-order valence-corrected chi connectivity index (χ2v) is 7.79. The number of hydrogen-bond donors (Lipinski definition) is 2. The summed E-state index contributed by atoms with van der Waals surface area (Å²) in [6, 6.07) is 11.9. The molecule has 9 heteroatoms. The first-order valence-corrected chi connectivity index (χ1v) is 10.5. The van der Waals surface area contributed by atoms with E-state index in [1.54, 1.807) is 36.4 Å². The minimum atomic E-state index is -0.456. The molecule has 1 aliphatic rings. The number of rotatable bonds is 6. The van der Waals surface area contributed by atoms with Gasteiger partial charge in [-0.15, -0.1) is 14.8 Å². The van der Waals surface area contributed by atoms with Gasteiger partial charge in [-0.05, 0) is 55.2 Å². The van der Waals surface area contributed by atoms with Crippen LogP contribution in [0.4, 0.5) is 15.9 Å². The van der Waals surface area contributed by atoms with E-state index in [0.717, 1.165) is 24.8 Å². The quantitative estimate of drug-likeness (QED) is 0.431. The van der Waals surface area contributed by atoms with Gasteiger partial charge in [0, 0.05) is 16.8 Å². The standard InChI is InChI=1S/C24H21FN6O2/c1-2-20(32)29-16-9-6-14(7-10-16)22-21(23-24(26)27-13-28-31(23)30-22)15-8-11-19(18(25)12-15)33-17-4-3-5-17/h2,6-13,17H,1,3-5H2,(H,29,32)(H2,26,27,28). The molecule has 1 saturated carbocycles. The van der Waals surface area contributed by atoms with Gasteiger partial charge < -0.3 is 15.8 Å². The molecular weight excluding hydrogens is 423 g/mol. The van der Waals surface area contributed by atoms with Crippen molar-refractivity contribution >= 4 is 22.9 Å². The summed E-state index contributed by atoms with van der Waals surface area (Å²) in [4.78, 5) is 15.6. The summed E-state index contributed by atoms with van der Waals surface area (Å²) in [5.74, 6) is -0.307. The van der Waals surface area contributed by atoms with E-state index >= 15 is 0 Å². The first-order chi connectivity index (χ1) is 16.0. The van der Waals surface area contributed by atoms with Crippen LogP contribution in [0.5, 0.6) is 5.75 Å². The molecule has 0 saturated heterocycles. The Kier molecular flexibility index (Phi) is 5.21. The van der Waals surface area contributed by atoms with Crippen LogP contribution < -0.4 is 15.8 Å². The van der Waals surface area contributed by atoms with Gasteiger partial charge in [-0.2, -0.15) is 0 Å². The first kappa shape index (κ1) is 20.6. The molecule has 5 rings (SSSR count).